The van der Waals surface area contributed by atoms with Gasteiger partial charge in [-0.25, -0.2) is 8.42 Å². The Morgan fingerprint density at radius 1 is 0.600 bits per heavy atom. The number of nitrogens with one attached hydrogen (secondary N) is 2. The van der Waals surface area contributed by atoms with Crippen LogP contribution >= 0.6 is 0 Å². The Bertz CT molecular complexity index is 3110. The number of aromatic hydroxyl groups is 1. The maximum atomic E-state index is 13.2. The summed E-state index contributed by atoms with van der Waals surface area (Å²) in [5, 5.41) is 36.7. The van der Waals surface area contributed by atoms with Gasteiger partial charge in [0.25, 0.3) is 30.3 Å². The number of rotatable bonds is 12. The number of hydrogen-bond acceptors (Lipinski definition) is 17. The van der Waals surface area contributed by atoms with Gasteiger partial charge in [0.1, 0.15) is 26.9 Å². The van der Waals surface area contributed by atoms with Gasteiger partial charge in [0.15, 0.2) is 5.75 Å². The lowest BCUT2D eigenvalue weighted by Gasteiger charge is -2.14. The first kappa shape index (κ1) is 42.2. The van der Waals surface area contributed by atoms with Gasteiger partial charge in [-0.1, -0.05) is 0 Å². The van der Waals surface area contributed by atoms with Crippen molar-refractivity contribution in [1.82, 2.24) is 0 Å². The van der Waals surface area contributed by atoms with E-state index in [4.69, 9.17) is 17.2 Å². The molecule has 6 aromatic rings. The second kappa shape index (κ2) is 16.5. The fourth-order valence-electron chi connectivity index (χ4n) is 5.41. The molecule has 6 rings (SSSR count). The van der Waals surface area contributed by atoms with Crippen molar-refractivity contribution in [3.63, 3.8) is 0 Å². The third-order valence-electron chi connectivity index (χ3n) is 8.18. The average Bonchev–Trinajstić information content (AvgIpc) is 3.16. The first-order chi connectivity index (χ1) is 28.2. The normalized spacial score (nSPS) is 12.4. The predicted molar refractivity (Wildman–Crippen MR) is 222 cm³/mol. The molecule has 0 heterocycles. The minimum Gasteiger partial charge on any atom is -0.505 e. The van der Waals surface area contributed by atoms with Gasteiger partial charge in [-0.3, -0.25) is 18.6 Å². The average molecular weight is 874 g/mol. The number of anilines is 5. The number of sulfonamides is 1. The maximum absolute atomic E-state index is 13.2. The smallest absolute Gasteiger partial charge is 0.296 e. The highest BCUT2D eigenvalue weighted by molar-refractivity contribution is 7.92. The molecule has 0 bridgehead atoms. The lowest BCUT2D eigenvalue weighted by Crippen LogP contribution is -2.12. The van der Waals surface area contributed by atoms with Crippen LogP contribution in [0.3, 0.4) is 0 Å². The highest BCUT2D eigenvalue weighted by Gasteiger charge is 2.28. The Morgan fingerprint density at radius 3 is 1.60 bits per heavy atom. The first-order valence-corrected chi connectivity index (χ1v) is 21.1. The van der Waals surface area contributed by atoms with E-state index < -0.39 is 68.2 Å². The molecule has 0 aliphatic carbocycles. The van der Waals surface area contributed by atoms with Crippen molar-refractivity contribution in [3.05, 3.63) is 103 Å². The van der Waals surface area contributed by atoms with E-state index in [1.807, 2.05) is 0 Å². The van der Waals surface area contributed by atoms with Crippen LogP contribution in [-0.2, 0) is 35.1 Å². The summed E-state index contributed by atoms with van der Waals surface area (Å²) in [5.41, 5.74) is 18.1. The number of carbonyl (C=O) groups excluding carboxylic acids is 1. The molecule has 308 valence electrons. The van der Waals surface area contributed by atoms with E-state index >= 15 is 0 Å². The minimum atomic E-state index is -5.16. The second-order valence-electron chi connectivity index (χ2n) is 12.5. The SMILES string of the molecule is CC(=O)Nc1ccc(N=Nc2c(S(=O)(=O)O)cc3cc(S(=O)(=O)O)c(N=Nc4ccc(S(=O)(=O)Nc5ccc(N=Nc6ccc(N)cc6N)cc5)cc4)c(N)c3c2O)cc1. The number of phenolic OH excluding ortho intramolecular Hbond substituents is 1. The summed E-state index contributed by atoms with van der Waals surface area (Å²) in [6.07, 6.45) is 0. The number of amides is 1. The largest absolute Gasteiger partial charge is 0.505 e. The van der Waals surface area contributed by atoms with Crippen molar-refractivity contribution >= 4 is 110 Å². The van der Waals surface area contributed by atoms with Gasteiger partial charge in [0.2, 0.25) is 5.91 Å². The van der Waals surface area contributed by atoms with E-state index in [1.54, 1.807) is 12.1 Å². The lowest BCUT2D eigenvalue weighted by molar-refractivity contribution is -0.114. The number of azo groups is 3. The van der Waals surface area contributed by atoms with E-state index in [1.165, 1.54) is 85.8 Å². The Morgan fingerprint density at radius 2 is 1.08 bits per heavy atom. The van der Waals surface area contributed by atoms with Gasteiger partial charge < -0.3 is 27.6 Å². The summed E-state index contributed by atoms with van der Waals surface area (Å²) < 4.78 is 98.5. The van der Waals surface area contributed by atoms with Crippen LogP contribution in [0.1, 0.15) is 6.92 Å². The number of phenols is 1. The van der Waals surface area contributed by atoms with E-state index in [0.717, 1.165) is 12.1 Å². The van der Waals surface area contributed by atoms with E-state index in [0.29, 0.717) is 28.4 Å². The topological polar surface area (TPSA) is 356 Å². The number of benzene rings is 6. The number of carbonyl (C=O) groups is 1. The Kier molecular flexibility index (Phi) is 11.6. The van der Waals surface area contributed by atoms with Gasteiger partial charge in [-0.15, -0.1) is 15.3 Å². The zero-order chi connectivity index (χ0) is 43.6. The van der Waals surface area contributed by atoms with Crippen LogP contribution in [0.4, 0.5) is 62.6 Å². The van der Waals surface area contributed by atoms with Crippen molar-refractivity contribution in [3.8, 4) is 5.75 Å². The highest BCUT2D eigenvalue weighted by Crippen LogP contribution is 2.48. The number of fused-ring (bicyclic) bond motifs is 1. The molecule has 0 radical (unpaired) electrons. The first-order valence-electron chi connectivity index (χ1n) is 16.8. The van der Waals surface area contributed by atoms with Crippen molar-refractivity contribution in [2.75, 3.05) is 27.2 Å². The molecule has 21 nitrogen and oxygen atoms in total. The molecule has 0 saturated carbocycles. The van der Waals surface area contributed by atoms with Crippen LogP contribution in [0, 0.1) is 0 Å². The second-order valence-corrected chi connectivity index (χ2v) is 17.0. The number of nitrogens with two attached hydrogens (primary N) is 3. The molecule has 0 saturated heterocycles. The van der Waals surface area contributed by atoms with Crippen LogP contribution in [0.25, 0.3) is 10.8 Å². The maximum Gasteiger partial charge on any atom is 0.296 e. The van der Waals surface area contributed by atoms with Gasteiger partial charge in [0.05, 0.1) is 38.7 Å². The van der Waals surface area contributed by atoms with Crippen molar-refractivity contribution < 1.29 is 44.3 Å². The molecule has 1 amide bonds. The van der Waals surface area contributed by atoms with Crippen LogP contribution < -0.4 is 27.2 Å². The highest BCUT2D eigenvalue weighted by atomic mass is 32.2. The summed E-state index contributed by atoms with van der Waals surface area (Å²) in [6.45, 7) is 1.30. The molecular weight excluding hydrogens is 843 g/mol. The van der Waals surface area contributed by atoms with Crippen LogP contribution in [-0.4, -0.2) is 45.4 Å². The molecule has 24 heteroatoms. The molecule has 0 atom stereocenters. The van der Waals surface area contributed by atoms with Gasteiger partial charge >= 0.3 is 0 Å². The standard InChI is InChI=1S/C36H31N11O10S3/c1-19(48)40-22-3-5-24(6-4-22)43-46-35-31(60(55,56)57)17-20-16-30(59(52,53)54)34(33(39)32(20)36(35)49)45-42-25-11-13-27(14-12-25)58(50,51)47-26-9-7-23(8-10-26)41-44-29-15-2-21(37)18-28(29)38/h2-18,47,49H,37-39H2,1H3,(H,40,48)(H,52,53,54)(H,55,56,57). The van der Waals surface area contributed by atoms with Crippen LogP contribution in [0.15, 0.2) is 149 Å². The van der Waals surface area contributed by atoms with Crippen molar-refractivity contribution in [2.24, 2.45) is 30.7 Å². The molecule has 0 fully saturated rings. The van der Waals surface area contributed by atoms with Gasteiger partial charge in [-0.05, 0) is 109 Å². The zero-order valence-electron chi connectivity index (χ0n) is 30.7. The molecule has 0 unspecified atom stereocenters. The fourth-order valence-corrected chi connectivity index (χ4v) is 7.80. The Hall–Kier alpha value is -7.38. The summed E-state index contributed by atoms with van der Waals surface area (Å²) >= 11 is 0. The Balaban J connectivity index is 1.28. The fraction of sp³-hybridized carbons (Fsp3) is 0.0278. The minimum absolute atomic E-state index is 0.0175. The summed E-state index contributed by atoms with van der Waals surface area (Å²) in [4.78, 5) is 9.17. The van der Waals surface area contributed by atoms with Gasteiger partial charge in [-0.2, -0.15) is 32.2 Å². The summed E-state index contributed by atoms with van der Waals surface area (Å²) in [6, 6.07) is 22.7. The number of nitrogens with zero attached hydrogens (tertiary/aromatic N) is 6. The lowest BCUT2D eigenvalue weighted by atomic mass is 10.1. The molecule has 0 aliphatic rings. The quantitative estimate of drug-likeness (QED) is 0.0331. The van der Waals surface area contributed by atoms with E-state index in [9.17, 15) is 44.3 Å². The third kappa shape index (κ3) is 9.65. The van der Waals surface area contributed by atoms with Gasteiger partial charge in [0, 0.05) is 24.0 Å². The predicted octanol–water partition coefficient (Wildman–Crippen LogP) is 7.79. The summed E-state index contributed by atoms with van der Waals surface area (Å²) in [5.74, 6) is -1.31. The monoisotopic (exact) mass is 873 g/mol. The van der Waals surface area contributed by atoms with E-state index in [2.05, 4.69) is 40.7 Å². The summed E-state index contributed by atoms with van der Waals surface area (Å²) in [7, 11) is -14.5. The van der Waals surface area contributed by atoms with Crippen LogP contribution in [0.2, 0.25) is 0 Å². The zero-order valence-corrected chi connectivity index (χ0v) is 33.1. The number of hydrogen-bond donors (Lipinski definition) is 8. The number of nitrogen functional groups attached to an aromatic ring is 3. The molecule has 0 spiro atoms. The Labute approximate surface area is 341 Å². The molecule has 11 N–H and O–H groups in total. The third-order valence-corrected chi connectivity index (χ3v) is 11.3. The molecule has 0 aliphatic heterocycles. The van der Waals surface area contributed by atoms with Crippen molar-refractivity contribution in [1.29, 1.82) is 0 Å². The van der Waals surface area contributed by atoms with Crippen molar-refractivity contribution in [2.45, 2.75) is 21.6 Å². The molecular formula is C36H31N11O10S3. The molecule has 0 aromatic heterocycles. The molecule has 60 heavy (non-hydrogen) atoms. The van der Waals surface area contributed by atoms with Crippen LogP contribution in [0.5, 0.6) is 5.75 Å². The molecule has 6 aromatic carbocycles. The van der Waals surface area contributed by atoms with E-state index in [-0.39, 0.29) is 33.3 Å².